The van der Waals surface area contributed by atoms with Crippen molar-refractivity contribution in [1.82, 2.24) is 29.8 Å². The number of thiophene rings is 1. The molecular formula is C13H10N6OS. The van der Waals surface area contributed by atoms with Crippen molar-refractivity contribution in [3.05, 3.63) is 58.1 Å². The van der Waals surface area contributed by atoms with E-state index in [1.165, 1.54) is 20.7 Å². The number of para-hydroxylation sites is 2. The van der Waals surface area contributed by atoms with Gasteiger partial charge in [0.1, 0.15) is 17.4 Å². The first-order valence-electron chi connectivity index (χ1n) is 6.31. The molecule has 0 amide bonds. The van der Waals surface area contributed by atoms with Gasteiger partial charge in [-0.05, 0) is 40.1 Å². The molecule has 0 aliphatic rings. The van der Waals surface area contributed by atoms with Crippen LogP contribution < -0.4 is 5.69 Å². The smallest absolute Gasteiger partial charge is 0.340 e. The number of nitrogens with zero attached hydrogens (tertiary/aromatic N) is 5. The van der Waals surface area contributed by atoms with Crippen LogP contribution in [-0.2, 0) is 6.54 Å². The molecule has 1 aromatic carbocycles. The maximum absolute atomic E-state index is 12.3. The highest BCUT2D eigenvalue weighted by Crippen LogP contribution is 2.12. The Hall–Kier alpha value is -2.74. The molecule has 0 aliphatic heterocycles. The molecule has 21 heavy (non-hydrogen) atoms. The van der Waals surface area contributed by atoms with Gasteiger partial charge in [-0.2, -0.15) is 9.36 Å². The predicted octanol–water partition coefficient (Wildman–Crippen LogP) is 1.42. The first-order chi connectivity index (χ1) is 10.3. The Kier molecular flexibility index (Phi) is 2.68. The molecule has 0 unspecified atom stereocenters. The monoisotopic (exact) mass is 298 g/mol. The van der Waals surface area contributed by atoms with Crippen LogP contribution in [0.25, 0.3) is 16.0 Å². The highest BCUT2D eigenvalue weighted by molar-refractivity contribution is 7.12. The first-order valence-corrected chi connectivity index (χ1v) is 7.19. The van der Waals surface area contributed by atoms with Crippen LogP contribution >= 0.6 is 11.3 Å². The fourth-order valence-corrected chi connectivity index (χ4v) is 2.79. The molecule has 8 heteroatoms. The summed E-state index contributed by atoms with van der Waals surface area (Å²) in [7, 11) is 0. The van der Waals surface area contributed by atoms with E-state index in [0.717, 1.165) is 16.0 Å². The number of aromatic nitrogens is 6. The molecule has 0 bridgehead atoms. The molecule has 0 saturated heterocycles. The lowest BCUT2D eigenvalue weighted by molar-refractivity contribution is 0.614. The maximum Gasteiger partial charge on any atom is 0.369 e. The van der Waals surface area contributed by atoms with Crippen LogP contribution in [0.3, 0.4) is 0 Å². The minimum absolute atomic E-state index is 0.263. The Balaban J connectivity index is 1.70. The quantitative estimate of drug-likeness (QED) is 0.620. The van der Waals surface area contributed by atoms with E-state index >= 15 is 0 Å². The first kappa shape index (κ1) is 12.0. The molecule has 104 valence electrons. The van der Waals surface area contributed by atoms with Gasteiger partial charge in [0.15, 0.2) is 0 Å². The molecule has 0 aliphatic carbocycles. The number of aromatic amines is 1. The number of hydrogen-bond acceptors (Lipinski definition) is 5. The third-order valence-corrected chi connectivity index (χ3v) is 3.94. The summed E-state index contributed by atoms with van der Waals surface area (Å²) in [5, 5.41) is 10.4. The molecule has 4 rings (SSSR count). The Morgan fingerprint density at radius 1 is 1.14 bits per heavy atom. The van der Waals surface area contributed by atoms with E-state index in [4.69, 9.17) is 0 Å². The summed E-state index contributed by atoms with van der Waals surface area (Å²) in [5.74, 6) is 0.677. The maximum atomic E-state index is 12.3. The zero-order valence-corrected chi connectivity index (χ0v) is 11.6. The van der Waals surface area contributed by atoms with Crippen molar-refractivity contribution in [3.63, 3.8) is 0 Å². The molecule has 3 aromatic heterocycles. The number of hydrogen-bond donors (Lipinski definition) is 1. The molecular weight excluding hydrogens is 288 g/mol. The van der Waals surface area contributed by atoms with Gasteiger partial charge in [-0.3, -0.25) is 0 Å². The fourth-order valence-electron chi connectivity index (χ4n) is 2.12. The second kappa shape index (κ2) is 4.67. The van der Waals surface area contributed by atoms with E-state index < -0.39 is 0 Å². The van der Waals surface area contributed by atoms with Gasteiger partial charge in [0.05, 0.1) is 11.0 Å². The van der Waals surface area contributed by atoms with Gasteiger partial charge in [0.2, 0.25) is 0 Å². The van der Waals surface area contributed by atoms with Crippen molar-refractivity contribution in [2.24, 2.45) is 0 Å². The van der Waals surface area contributed by atoms with Crippen LogP contribution in [0.15, 0.2) is 46.6 Å². The van der Waals surface area contributed by atoms with Crippen molar-refractivity contribution >= 4 is 22.4 Å². The SMILES string of the molecule is O=c1n(Cc2nc3ccccc3[nH]2)nnn1-c1cccs1. The van der Waals surface area contributed by atoms with E-state index in [0.29, 0.717) is 5.82 Å². The van der Waals surface area contributed by atoms with Gasteiger partial charge in [0, 0.05) is 0 Å². The molecule has 1 N–H and O–H groups in total. The van der Waals surface area contributed by atoms with Crippen molar-refractivity contribution in [2.75, 3.05) is 0 Å². The zero-order chi connectivity index (χ0) is 14.2. The van der Waals surface area contributed by atoms with Gasteiger partial charge in [-0.15, -0.1) is 11.3 Å². The van der Waals surface area contributed by atoms with Crippen LogP contribution in [-0.4, -0.2) is 29.8 Å². The Morgan fingerprint density at radius 2 is 2.05 bits per heavy atom. The minimum Gasteiger partial charge on any atom is -0.340 e. The number of fused-ring (bicyclic) bond motifs is 1. The molecule has 0 spiro atoms. The number of rotatable bonds is 3. The minimum atomic E-state index is -0.280. The predicted molar refractivity (Wildman–Crippen MR) is 78.7 cm³/mol. The van der Waals surface area contributed by atoms with Crippen molar-refractivity contribution in [3.8, 4) is 5.00 Å². The molecule has 0 saturated carbocycles. The molecule has 0 fully saturated rings. The number of imidazole rings is 1. The van der Waals surface area contributed by atoms with Gasteiger partial charge in [0.25, 0.3) is 0 Å². The Bertz CT molecular complexity index is 916. The second-order valence-corrected chi connectivity index (χ2v) is 5.41. The lowest BCUT2D eigenvalue weighted by Gasteiger charge is -1.94. The number of tetrazole rings is 1. The number of nitrogens with one attached hydrogen (secondary N) is 1. The zero-order valence-electron chi connectivity index (χ0n) is 10.8. The topological polar surface area (TPSA) is 81.4 Å². The third-order valence-electron chi connectivity index (χ3n) is 3.09. The average Bonchev–Trinajstić information content (AvgIpc) is 3.19. The summed E-state index contributed by atoms with van der Waals surface area (Å²) in [6.45, 7) is 0.263. The Labute approximate surface area is 122 Å². The molecule has 7 nitrogen and oxygen atoms in total. The van der Waals surface area contributed by atoms with E-state index in [1.807, 2.05) is 41.8 Å². The average molecular weight is 298 g/mol. The fraction of sp³-hybridized carbons (Fsp3) is 0.0769. The van der Waals surface area contributed by atoms with E-state index in [-0.39, 0.29) is 12.2 Å². The summed E-state index contributed by atoms with van der Waals surface area (Å²) >= 11 is 1.44. The summed E-state index contributed by atoms with van der Waals surface area (Å²) in [5.41, 5.74) is 1.52. The van der Waals surface area contributed by atoms with E-state index in [2.05, 4.69) is 20.4 Å². The summed E-state index contributed by atoms with van der Waals surface area (Å²) in [4.78, 5) is 19.9. The second-order valence-electron chi connectivity index (χ2n) is 4.48. The van der Waals surface area contributed by atoms with Crippen LogP contribution in [0.4, 0.5) is 0 Å². The van der Waals surface area contributed by atoms with Gasteiger partial charge in [-0.25, -0.2) is 9.78 Å². The lowest BCUT2D eigenvalue weighted by Crippen LogP contribution is -2.24. The molecule has 0 radical (unpaired) electrons. The van der Waals surface area contributed by atoms with Crippen LogP contribution in [0.1, 0.15) is 5.82 Å². The van der Waals surface area contributed by atoms with Gasteiger partial charge in [-0.1, -0.05) is 12.1 Å². The van der Waals surface area contributed by atoms with Crippen LogP contribution in [0.5, 0.6) is 0 Å². The highest BCUT2D eigenvalue weighted by Gasteiger charge is 2.11. The normalized spacial score (nSPS) is 11.2. The largest absolute Gasteiger partial charge is 0.369 e. The van der Waals surface area contributed by atoms with Crippen molar-refractivity contribution in [1.29, 1.82) is 0 Å². The summed E-state index contributed by atoms with van der Waals surface area (Å²) in [6, 6.07) is 11.4. The Morgan fingerprint density at radius 3 is 2.86 bits per heavy atom. The summed E-state index contributed by atoms with van der Waals surface area (Å²) < 4.78 is 2.57. The standard InChI is InChI=1S/C13H10N6OS/c20-13-18(16-17-19(13)12-6-3-7-21-12)8-11-14-9-4-1-2-5-10(9)15-11/h1-7H,8H2,(H,14,15). The highest BCUT2D eigenvalue weighted by atomic mass is 32.1. The molecule has 3 heterocycles. The lowest BCUT2D eigenvalue weighted by atomic mass is 10.3. The molecule has 4 aromatic rings. The van der Waals surface area contributed by atoms with Crippen LogP contribution in [0, 0.1) is 0 Å². The van der Waals surface area contributed by atoms with Gasteiger partial charge >= 0.3 is 5.69 Å². The van der Waals surface area contributed by atoms with Gasteiger partial charge < -0.3 is 4.98 Å². The van der Waals surface area contributed by atoms with E-state index in [9.17, 15) is 4.79 Å². The van der Waals surface area contributed by atoms with Crippen molar-refractivity contribution < 1.29 is 0 Å². The van der Waals surface area contributed by atoms with E-state index in [1.54, 1.807) is 0 Å². The molecule has 0 atom stereocenters. The van der Waals surface area contributed by atoms with Crippen molar-refractivity contribution in [2.45, 2.75) is 6.54 Å². The van der Waals surface area contributed by atoms with Crippen LogP contribution in [0.2, 0.25) is 0 Å². The number of H-pyrrole nitrogens is 1. The number of benzene rings is 1. The summed E-state index contributed by atoms with van der Waals surface area (Å²) in [6.07, 6.45) is 0. The third kappa shape index (κ3) is 2.05.